The van der Waals surface area contributed by atoms with Gasteiger partial charge in [0, 0.05) is 23.0 Å². The molecule has 0 bridgehead atoms. The Morgan fingerprint density at radius 3 is 1.60 bits per heavy atom. The van der Waals surface area contributed by atoms with Crippen LogP contribution in [-0.2, 0) is 0 Å². The van der Waals surface area contributed by atoms with Gasteiger partial charge < -0.3 is 4.90 Å². The number of hydrogen-bond donors (Lipinski definition) is 0. The van der Waals surface area contributed by atoms with Gasteiger partial charge in [0.25, 0.3) is 0 Å². The molecule has 1 nitrogen and oxygen atoms in total. The third-order valence-electron chi connectivity index (χ3n) is 10.5. The Morgan fingerprint density at radius 1 is 0.527 bits per heavy atom. The van der Waals surface area contributed by atoms with Crippen molar-refractivity contribution >= 4 is 5.69 Å². The number of anilines is 1. The molecule has 0 fully saturated rings. The number of hydrogen-bond acceptors (Lipinski definition) is 1. The highest BCUT2D eigenvalue weighted by Gasteiger charge is 2.20. The summed E-state index contributed by atoms with van der Waals surface area (Å²) >= 11 is 0. The zero-order chi connectivity index (χ0) is 38.0. The van der Waals surface area contributed by atoms with Gasteiger partial charge in [-0.2, -0.15) is 0 Å². The molecule has 0 saturated heterocycles. The molecule has 6 aromatic carbocycles. The predicted molar refractivity (Wildman–Crippen MR) is 238 cm³/mol. The number of nitrogens with zero attached hydrogens (tertiary/aromatic N) is 1. The van der Waals surface area contributed by atoms with Crippen LogP contribution in [0.15, 0.2) is 229 Å². The van der Waals surface area contributed by atoms with Gasteiger partial charge in [0.15, 0.2) is 0 Å². The van der Waals surface area contributed by atoms with Gasteiger partial charge in [0.1, 0.15) is 0 Å². The Morgan fingerprint density at radius 2 is 1.04 bits per heavy atom. The Labute approximate surface area is 328 Å². The first-order chi connectivity index (χ1) is 27.0. The zero-order valence-corrected chi connectivity index (χ0v) is 32.4. The molecule has 270 valence electrons. The van der Waals surface area contributed by atoms with Crippen LogP contribution in [0.25, 0.3) is 44.5 Å². The van der Waals surface area contributed by atoms with Crippen LogP contribution in [0.2, 0.25) is 0 Å². The van der Waals surface area contributed by atoms with Crippen LogP contribution in [0.4, 0.5) is 5.69 Å². The standard InChI is InChI=1S/C54H49N/c1-5-6-16-40(2)41(3)23-24-42(4)55(51-35-33-48(34-36-51)44-19-12-8-13-20-44)52-37-38-53(49-21-14-9-15-22-49)54(39-52)50-31-29-47(30-32-50)46-27-25-45(26-28-46)43-17-10-7-11-18-43/h5-33,35-39,48H,34H2,1-4H3/b6-5-,40-16+,41-23+,42-24+. The summed E-state index contributed by atoms with van der Waals surface area (Å²) in [5.41, 5.74) is 17.0. The van der Waals surface area contributed by atoms with E-state index in [1.165, 1.54) is 66.9 Å². The second kappa shape index (κ2) is 17.6. The molecule has 55 heavy (non-hydrogen) atoms. The molecule has 7 rings (SSSR count). The third-order valence-corrected chi connectivity index (χ3v) is 10.5. The van der Waals surface area contributed by atoms with Crippen LogP contribution in [0.1, 0.15) is 45.6 Å². The Hall–Kier alpha value is -6.44. The summed E-state index contributed by atoms with van der Waals surface area (Å²) in [7, 11) is 0. The van der Waals surface area contributed by atoms with E-state index in [-0.39, 0.29) is 0 Å². The van der Waals surface area contributed by atoms with Gasteiger partial charge in [-0.25, -0.2) is 0 Å². The predicted octanol–water partition coefficient (Wildman–Crippen LogP) is 15.2. The zero-order valence-electron chi connectivity index (χ0n) is 32.4. The van der Waals surface area contributed by atoms with Gasteiger partial charge >= 0.3 is 0 Å². The highest BCUT2D eigenvalue weighted by Crippen LogP contribution is 2.39. The molecule has 0 saturated carbocycles. The molecule has 1 aliphatic rings. The van der Waals surface area contributed by atoms with E-state index in [0.717, 1.165) is 17.8 Å². The van der Waals surface area contributed by atoms with Crippen molar-refractivity contribution in [1.29, 1.82) is 0 Å². The molecule has 1 heteroatoms. The largest absolute Gasteiger partial charge is 0.315 e. The SMILES string of the molecule is C\C=C/C=C(C)/C(C)=C/C=C(\C)N(C1=CCC(c2ccccc2)C=C1)c1ccc(-c2ccccc2)c(-c2ccc(-c3ccc(-c4ccccc4)cc3)cc2)c1. The molecular formula is C54H49N. The molecular weight excluding hydrogens is 663 g/mol. The fourth-order valence-corrected chi connectivity index (χ4v) is 7.21. The van der Waals surface area contributed by atoms with E-state index in [1.807, 2.05) is 0 Å². The van der Waals surface area contributed by atoms with Crippen LogP contribution < -0.4 is 4.90 Å². The molecule has 0 aliphatic heterocycles. The molecule has 0 spiro atoms. The number of allylic oxidation sites excluding steroid dienone is 11. The van der Waals surface area contributed by atoms with Crippen molar-refractivity contribution in [3.63, 3.8) is 0 Å². The quantitative estimate of drug-likeness (QED) is 0.121. The maximum Gasteiger partial charge on any atom is 0.0464 e. The monoisotopic (exact) mass is 711 g/mol. The topological polar surface area (TPSA) is 3.24 Å². The Balaban J connectivity index is 1.28. The van der Waals surface area contributed by atoms with Gasteiger partial charge in [0.2, 0.25) is 0 Å². The lowest BCUT2D eigenvalue weighted by atomic mass is 9.90. The average Bonchev–Trinajstić information content (AvgIpc) is 3.26. The summed E-state index contributed by atoms with van der Waals surface area (Å²) in [6, 6.07) is 57.0. The first kappa shape index (κ1) is 36.9. The van der Waals surface area contributed by atoms with Gasteiger partial charge in [-0.1, -0.05) is 182 Å². The lowest BCUT2D eigenvalue weighted by Gasteiger charge is -2.30. The van der Waals surface area contributed by atoms with Crippen LogP contribution in [0, 0.1) is 0 Å². The average molecular weight is 712 g/mol. The normalized spacial score (nSPS) is 14.9. The summed E-state index contributed by atoms with van der Waals surface area (Å²) in [6.07, 6.45) is 18.8. The van der Waals surface area contributed by atoms with Crippen molar-refractivity contribution in [3.05, 3.63) is 234 Å². The van der Waals surface area contributed by atoms with Crippen molar-refractivity contribution in [1.82, 2.24) is 0 Å². The Kier molecular flexibility index (Phi) is 11.8. The molecule has 0 radical (unpaired) electrons. The molecule has 6 aromatic rings. The second-order valence-corrected chi connectivity index (χ2v) is 14.2. The minimum Gasteiger partial charge on any atom is -0.315 e. The molecule has 0 amide bonds. The van der Waals surface area contributed by atoms with Crippen molar-refractivity contribution < 1.29 is 0 Å². The second-order valence-electron chi connectivity index (χ2n) is 14.2. The van der Waals surface area contributed by atoms with Crippen LogP contribution >= 0.6 is 0 Å². The number of benzene rings is 6. The molecule has 0 heterocycles. The van der Waals surface area contributed by atoms with Gasteiger partial charge in [-0.3, -0.25) is 0 Å². The van der Waals surface area contributed by atoms with E-state index >= 15 is 0 Å². The Bertz CT molecular complexity index is 2390. The van der Waals surface area contributed by atoms with E-state index in [2.05, 4.69) is 239 Å². The highest BCUT2D eigenvalue weighted by atomic mass is 15.1. The lowest BCUT2D eigenvalue weighted by molar-refractivity contribution is 0.836. The van der Waals surface area contributed by atoms with Gasteiger partial charge in [-0.15, -0.1) is 0 Å². The smallest absolute Gasteiger partial charge is 0.0464 e. The molecule has 1 aliphatic carbocycles. The van der Waals surface area contributed by atoms with E-state index < -0.39 is 0 Å². The first-order valence-electron chi connectivity index (χ1n) is 19.3. The third kappa shape index (κ3) is 8.86. The van der Waals surface area contributed by atoms with Crippen LogP contribution in [0.3, 0.4) is 0 Å². The molecule has 0 N–H and O–H groups in total. The molecule has 1 unspecified atom stereocenters. The minimum absolute atomic E-state index is 0.363. The summed E-state index contributed by atoms with van der Waals surface area (Å²) in [5, 5.41) is 0. The van der Waals surface area contributed by atoms with E-state index in [0.29, 0.717) is 5.92 Å². The lowest BCUT2D eigenvalue weighted by Crippen LogP contribution is -2.21. The molecule has 1 atom stereocenters. The summed E-state index contributed by atoms with van der Waals surface area (Å²) in [6.45, 7) is 8.62. The fraction of sp³-hybridized carbons (Fsp3) is 0.111. The van der Waals surface area contributed by atoms with Crippen molar-refractivity contribution in [2.24, 2.45) is 0 Å². The highest BCUT2D eigenvalue weighted by molar-refractivity contribution is 5.87. The van der Waals surface area contributed by atoms with Gasteiger partial charge in [-0.05, 0) is 120 Å². The van der Waals surface area contributed by atoms with Crippen molar-refractivity contribution in [2.75, 3.05) is 4.90 Å². The summed E-state index contributed by atoms with van der Waals surface area (Å²) < 4.78 is 0. The molecule has 0 aromatic heterocycles. The summed E-state index contributed by atoms with van der Waals surface area (Å²) in [4.78, 5) is 2.41. The first-order valence-corrected chi connectivity index (χ1v) is 19.3. The van der Waals surface area contributed by atoms with Crippen LogP contribution in [-0.4, -0.2) is 0 Å². The van der Waals surface area contributed by atoms with Crippen LogP contribution in [0.5, 0.6) is 0 Å². The maximum atomic E-state index is 2.41. The van der Waals surface area contributed by atoms with Crippen molar-refractivity contribution in [3.8, 4) is 44.5 Å². The fourth-order valence-electron chi connectivity index (χ4n) is 7.21. The number of rotatable bonds is 11. The minimum atomic E-state index is 0.363. The van der Waals surface area contributed by atoms with Crippen molar-refractivity contribution in [2.45, 2.75) is 40.0 Å². The van der Waals surface area contributed by atoms with E-state index in [1.54, 1.807) is 0 Å². The van der Waals surface area contributed by atoms with E-state index in [4.69, 9.17) is 0 Å². The van der Waals surface area contributed by atoms with Gasteiger partial charge in [0.05, 0.1) is 0 Å². The summed E-state index contributed by atoms with van der Waals surface area (Å²) in [5.74, 6) is 0.363. The van der Waals surface area contributed by atoms with E-state index in [9.17, 15) is 0 Å². The maximum absolute atomic E-state index is 2.41.